The molecule has 1 saturated heterocycles. The zero-order valence-corrected chi connectivity index (χ0v) is 17.3. The number of hydrogen-bond acceptors (Lipinski definition) is 6. The molecule has 9 heteroatoms. The number of rotatable bonds is 8. The summed E-state index contributed by atoms with van der Waals surface area (Å²) >= 11 is 0. The molecule has 1 aromatic carbocycles. The lowest BCUT2D eigenvalue weighted by Crippen LogP contribution is -2.52. The molecule has 2 fully saturated rings. The van der Waals surface area contributed by atoms with E-state index in [1.165, 1.54) is 23.3 Å². The van der Waals surface area contributed by atoms with Gasteiger partial charge in [-0.1, -0.05) is 18.2 Å². The molecule has 2 N–H and O–H groups in total. The Morgan fingerprint density at radius 3 is 2.50 bits per heavy atom. The van der Waals surface area contributed by atoms with Gasteiger partial charge in [0.05, 0.1) is 0 Å². The minimum Gasteiger partial charge on any atom is -0.480 e. The second-order valence-electron chi connectivity index (χ2n) is 7.97. The molecule has 0 radical (unpaired) electrons. The highest BCUT2D eigenvalue weighted by atomic mass is 16.5. The summed E-state index contributed by atoms with van der Waals surface area (Å²) in [5.41, 5.74) is 2.04. The highest BCUT2D eigenvalue weighted by Crippen LogP contribution is 2.40. The van der Waals surface area contributed by atoms with Crippen LogP contribution >= 0.6 is 0 Å². The molecule has 2 heterocycles. The number of nitrogens with one attached hydrogen (secondary N) is 1. The number of carboxylic acids is 1. The molecule has 9 nitrogen and oxygen atoms in total. The third kappa shape index (κ3) is 5.11. The van der Waals surface area contributed by atoms with E-state index in [-0.39, 0.29) is 19.5 Å². The van der Waals surface area contributed by atoms with E-state index in [1.54, 1.807) is 24.3 Å². The first-order chi connectivity index (χ1) is 15.4. The Morgan fingerprint density at radius 2 is 1.88 bits per heavy atom. The number of aromatic nitrogens is 1. The number of ketones is 1. The first-order valence-corrected chi connectivity index (χ1v) is 10.4. The number of amides is 2. The average Bonchev–Trinajstić information content (AvgIpc) is 3.62. The van der Waals surface area contributed by atoms with Crippen LogP contribution in [0, 0.1) is 5.92 Å². The van der Waals surface area contributed by atoms with E-state index in [0.717, 1.165) is 5.56 Å². The Balaban J connectivity index is 1.35. The van der Waals surface area contributed by atoms with Crippen LogP contribution in [-0.4, -0.2) is 51.6 Å². The van der Waals surface area contributed by atoms with Crippen molar-refractivity contribution < 1.29 is 29.0 Å². The number of carboxylic acid groups (broad SMARTS) is 1. The van der Waals surface area contributed by atoms with Crippen LogP contribution in [0.5, 0.6) is 11.6 Å². The monoisotopic (exact) mass is 437 g/mol. The molecule has 166 valence electrons. The summed E-state index contributed by atoms with van der Waals surface area (Å²) in [5.74, 6) is -3.02. The third-order valence-electron chi connectivity index (χ3n) is 5.51. The van der Waals surface area contributed by atoms with Crippen molar-refractivity contribution >= 4 is 23.6 Å². The molecule has 0 spiro atoms. The highest BCUT2D eigenvalue weighted by Gasteiger charge is 2.40. The molecule has 4 rings (SSSR count). The molecular weight excluding hydrogens is 414 g/mol. The van der Waals surface area contributed by atoms with Crippen LogP contribution in [0.15, 0.2) is 42.6 Å². The molecule has 32 heavy (non-hydrogen) atoms. The summed E-state index contributed by atoms with van der Waals surface area (Å²) in [5, 5.41) is 10.8. The van der Waals surface area contributed by atoms with E-state index in [2.05, 4.69) is 10.3 Å². The molecule has 2 aliphatic rings. The van der Waals surface area contributed by atoms with Gasteiger partial charge in [0.15, 0.2) is 11.7 Å². The lowest BCUT2D eigenvalue weighted by molar-refractivity contribution is -0.152. The molecule has 1 unspecified atom stereocenters. The van der Waals surface area contributed by atoms with Crippen LogP contribution in [0.2, 0.25) is 0 Å². The zero-order valence-electron chi connectivity index (χ0n) is 17.3. The molecule has 2 aromatic rings. The van der Waals surface area contributed by atoms with Crippen LogP contribution in [0.1, 0.15) is 36.3 Å². The smallest absolute Gasteiger partial charge is 0.322 e. The van der Waals surface area contributed by atoms with E-state index >= 15 is 0 Å². The Kier molecular flexibility index (Phi) is 6.16. The summed E-state index contributed by atoms with van der Waals surface area (Å²) in [6, 6.07) is 11.0. The van der Waals surface area contributed by atoms with Crippen molar-refractivity contribution in [2.75, 3.05) is 13.1 Å². The van der Waals surface area contributed by atoms with E-state index in [1.807, 2.05) is 18.3 Å². The van der Waals surface area contributed by atoms with Gasteiger partial charge in [0.1, 0.15) is 12.3 Å². The standard InChI is InChI=1S/C23H23N3O6/c27-18-9-10-26(23(31)21(18)22(30)25-12-20(28)29)13-14-1-6-17(7-2-14)32-19-8-5-16(11-24-19)15-3-4-15/h1-2,5-8,11,15,21H,3-4,9-10,12-13H2,(H,25,30)(H,28,29). The van der Waals surface area contributed by atoms with Gasteiger partial charge >= 0.3 is 5.97 Å². The summed E-state index contributed by atoms with van der Waals surface area (Å²) in [4.78, 5) is 53.3. The number of carbonyl (C=O) groups excluding carboxylic acids is 3. The number of piperidine rings is 1. The van der Waals surface area contributed by atoms with Gasteiger partial charge in [0.25, 0.3) is 0 Å². The van der Waals surface area contributed by atoms with Crippen molar-refractivity contribution in [1.82, 2.24) is 15.2 Å². The van der Waals surface area contributed by atoms with Gasteiger partial charge in [-0.3, -0.25) is 19.2 Å². The number of hydrogen-bond donors (Lipinski definition) is 2. The topological polar surface area (TPSA) is 126 Å². The van der Waals surface area contributed by atoms with Crippen molar-refractivity contribution in [3.05, 3.63) is 53.7 Å². The predicted octanol–water partition coefficient (Wildman–Crippen LogP) is 1.87. The normalized spacial score (nSPS) is 18.4. The minimum atomic E-state index is -1.50. The average molecular weight is 437 g/mol. The number of carbonyl (C=O) groups is 4. The maximum absolute atomic E-state index is 12.7. The zero-order chi connectivity index (χ0) is 22.7. The van der Waals surface area contributed by atoms with Gasteiger partial charge in [0.2, 0.25) is 17.7 Å². The number of aliphatic carboxylic acids is 1. The van der Waals surface area contributed by atoms with Gasteiger partial charge in [-0.05, 0) is 42.0 Å². The quantitative estimate of drug-likeness (QED) is 0.604. The Bertz CT molecular complexity index is 1030. The molecule has 1 saturated carbocycles. The van der Waals surface area contributed by atoms with E-state index in [9.17, 15) is 19.2 Å². The lowest BCUT2D eigenvalue weighted by atomic mass is 9.94. The SMILES string of the molecule is O=C(O)CNC(=O)C1C(=O)CCN(Cc2ccc(Oc3ccc(C4CC4)cn3)cc2)C1=O. The molecule has 1 aliphatic heterocycles. The molecule has 1 aromatic heterocycles. The van der Waals surface area contributed by atoms with Crippen LogP contribution in [-0.2, 0) is 25.7 Å². The van der Waals surface area contributed by atoms with Gasteiger partial charge in [-0.15, -0.1) is 0 Å². The van der Waals surface area contributed by atoms with Crippen molar-refractivity contribution in [3.63, 3.8) is 0 Å². The summed E-state index contributed by atoms with van der Waals surface area (Å²) in [6.45, 7) is -0.213. The fourth-order valence-electron chi connectivity index (χ4n) is 3.61. The number of ether oxygens (including phenoxy) is 1. The van der Waals surface area contributed by atoms with Crippen molar-refractivity contribution in [2.45, 2.75) is 31.7 Å². The lowest BCUT2D eigenvalue weighted by Gasteiger charge is -2.30. The Hall–Kier alpha value is -3.75. The van der Waals surface area contributed by atoms with E-state index in [4.69, 9.17) is 9.84 Å². The van der Waals surface area contributed by atoms with Crippen LogP contribution in [0.25, 0.3) is 0 Å². The minimum absolute atomic E-state index is 0.0423. The Labute approximate surface area is 184 Å². The van der Waals surface area contributed by atoms with Crippen LogP contribution in [0.4, 0.5) is 0 Å². The van der Waals surface area contributed by atoms with Gasteiger partial charge in [-0.25, -0.2) is 4.98 Å². The van der Waals surface area contributed by atoms with Crippen molar-refractivity contribution in [2.24, 2.45) is 5.92 Å². The number of benzene rings is 1. The maximum atomic E-state index is 12.7. The summed E-state index contributed by atoms with van der Waals surface area (Å²) < 4.78 is 5.77. The summed E-state index contributed by atoms with van der Waals surface area (Å²) in [7, 11) is 0. The highest BCUT2D eigenvalue weighted by molar-refractivity contribution is 6.19. The third-order valence-corrected chi connectivity index (χ3v) is 5.51. The van der Waals surface area contributed by atoms with Gasteiger partial charge in [0, 0.05) is 31.8 Å². The Morgan fingerprint density at radius 1 is 1.12 bits per heavy atom. The maximum Gasteiger partial charge on any atom is 0.322 e. The number of likely N-dealkylation sites (tertiary alicyclic amines) is 1. The molecule has 1 aliphatic carbocycles. The number of nitrogens with zero attached hydrogens (tertiary/aromatic N) is 2. The van der Waals surface area contributed by atoms with E-state index < -0.39 is 36.0 Å². The van der Waals surface area contributed by atoms with Gasteiger partial charge in [-0.2, -0.15) is 0 Å². The molecule has 1 atom stereocenters. The second-order valence-corrected chi connectivity index (χ2v) is 7.97. The van der Waals surface area contributed by atoms with E-state index in [0.29, 0.717) is 17.5 Å². The van der Waals surface area contributed by atoms with Crippen molar-refractivity contribution in [3.8, 4) is 11.6 Å². The first-order valence-electron chi connectivity index (χ1n) is 10.4. The second kappa shape index (κ2) is 9.17. The molecular formula is C23H23N3O6. The molecule has 0 bridgehead atoms. The fourth-order valence-corrected chi connectivity index (χ4v) is 3.61. The largest absolute Gasteiger partial charge is 0.480 e. The predicted molar refractivity (Wildman–Crippen MR) is 112 cm³/mol. The van der Waals surface area contributed by atoms with Crippen LogP contribution < -0.4 is 10.1 Å². The number of pyridine rings is 1. The summed E-state index contributed by atoms with van der Waals surface area (Å²) in [6.07, 6.45) is 4.31. The van der Waals surface area contributed by atoms with Gasteiger partial charge < -0.3 is 20.1 Å². The first kappa shape index (κ1) is 21.5. The number of Topliss-reactive ketones (excluding diaryl/α,β-unsaturated/α-hetero) is 1. The van der Waals surface area contributed by atoms with Crippen LogP contribution in [0.3, 0.4) is 0 Å². The molecule has 2 amide bonds. The fraction of sp³-hybridized carbons (Fsp3) is 0.348. The van der Waals surface area contributed by atoms with Crippen molar-refractivity contribution in [1.29, 1.82) is 0 Å².